The molecule has 0 bridgehead atoms. The summed E-state index contributed by atoms with van der Waals surface area (Å²) >= 11 is 5.52. The number of amides is 2. The Morgan fingerprint density at radius 1 is 1.25 bits per heavy atom. The van der Waals surface area contributed by atoms with E-state index >= 15 is 0 Å². The lowest BCUT2D eigenvalue weighted by atomic mass is 10.2. The minimum absolute atomic E-state index is 0.0857. The molecule has 1 aromatic carbocycles. The summed E-state index contributed by atoms with van der Waals surface area (Å²) in [6.45, 7) is 0.507. The molecule has 2 amide bonds. The molecular formula is C14H17ClFN3O4S. The average Bonchev–Trinajstić information content (AvgIpc) is 2.86. The first-order chi connectivity index (χ1) is 11.3. The Bertz CT molecular complexity index is 742. The maximum Gasteiger partial charge on any atom is 0.313 e. The number of rotatable bonds is 5. The van der Waals surface area contributed by atoms with E-state index in [1.165, 1.54) is 12.1 Å². The van der Waals surface area contributed by atoms with Crippen LogP contribution in [0.3, 0.4) is 0 Å². The van der Waals surface area contributed by atoms with Crippen molar-refractivity contribution in [2.45, 2.75) is 12.5 Å². The predicted molar refractivity (Wildman–Crippen MR) is 88.1 cm³/mol. The van der Waals surface area contributed by atoms with Gasteiger partial charge < -0.3 is 16.0 Å². The van der Waals surface area contributed by atoms with Gasteiger partial charge in [0.1, 0.15) is 5.82 Å². The van der Waals surface area contributed by atoms with Crippen molar-refractivity contribution in [3.63, 3.8) is 0 Å². The van der Waals surface area contributed by atoms with Crippen LogP contribution in [0, 0.1) is 5.82 Å². The maximum absolute atomic E-state index is 13.2. The normalized spacial score (nSPS) is 19.0. The molecule has 1 aliphatic rings. The number of nitrogens with one attached hydrogen (secondary N) is 3. The van der Waals surface area contributed by atoms with Crippen molar-refractivity contribution in [2.24, 2.45) is 0 Å². The van der Waals surface area contributed by atoms with E-state index in [9.17, 15) is 22.4 Å². The lowest BCUT2D eigenvalue weighted by molar-refractivity contribution is -0.136. The molecule has 1 fully saturated rings. The zero-order valence-electron chi connectivity index (χ0n) is 12.6. The van der Waals surface area contributed by atoms with Gasteiger partial charge in [0.2, 0.25) is 0 Å². The van der Waals surface area contributed by atoms with E-state index in [1.807, 2.05) is 0 Å². The highest BCUT2D eigenvalue weighted by Gasteiger charge is 2.27. The van der Waals surface area contributed by atoms with Gasteiger partial charge in [-0.25, -0.2) is 12.8 Å². The van der Waals surface area contributed by atoms with Crippen LogP contribution in [0.15, 0.2) is 18.2 Å². The highest BCUT2D eigenvalue weighted by Crippen LogP contribution is 2.18. The van der Waals surface area contributed by atoms with Crippen LogP contribution in [0.1, 0.15) is 6.42 Å². The zero-order chi connectivity index (χ0) is 17.7. The Balaban J connectivity index is 1.70. The second-order valence-corrected chi connectivity index (χ2v) is 8.03. The molecule has 0 spiro atoms. The third kappa shape index (κ3) is 5.43. The van der Waals surface area contributed by atoms with Crippen LogP contribution in [0.25, 0.3) is 0 Å². The van der Waals surface area contributed by atoms with Crippen LogP contribution in [0.2, 0.25) is 5.02 Å². The topological polar surface area (TPSA) is 104 Å². The highest BCUT2D eigenvalue weighted by atomic mass is 35.5. The van der Waals surface area contributed by atoms with Crippen LogP contribution in [0.4, 0.5) is 10.1 Å². The Hall–Kier alpha value is -1.71. The van der Waals surface area contributed by atoms with E-state index in [-0.39, 0.29) is 34.8 Å². The summed E-state index contributed by atoms with van der Waals surface area (Å²) < 4.78 is 35.8. The molecule has 0 saturated carbocycles. The van der Waals surface area contributed by atoms with Crippen LogP contribution >= 0.6 is 11.6 Å². The summed E-state index contributed by atoms with van der Waals surface area (Å²) in [5.74, 6) is -2.25. The van der Waals surface area contributed by atoms with Crippen LogP contribution in [0.5, 0.6) is 0 Å². The molecule has 1 unspecified atom stereocenters. The van der Waals surface area contributed by atoms with Gasteiger partial charge in [-0.1, -0.05) is 11.6 Å². The standard InChI is InChI=1S/C14H17ClFN3O4S/c15-11-2-1-9(7-12(11)16)19-14(21)13(20)18-5-4-17-10-3-6-24(22,23)8-10/h1-2,7,10,17H,3-6,8H2,(H,18,20)(H,19,21). The lowest BCUT2D eigenvalue weighted by Gasteiger charge is -2.11. The molecule has 1 aliphatic heterocycles. The van der Waals surface area contributed by atoms with Crippen molar-refractivity contribution < 1.29 is 22.4 Å². The number of halogens is 2. The van der Waals surface area contributed by atoms with Crippen molar-refractivity contribution >= 4 is 38.9 Å². The monoisotopic (exact) mass is 377 g/mol. The number of hydrogen-bond acceptors (Lipinski definition) is 5. The minimum atomic E-state index is -2.96. The van der Waals surface area contributed by atoms with Crippen LogP contribution in [-0.2, 0) is 19.4 Å². The molecule has 10 heteroatoms. The van der Waals surface area contributed by atoms with E-state index in [0.29, 0.717) is 13.0 Å². The predicted octanol–water partition coefficient (Wildman–Crippen LogP) is 0.310. The molecule has 1 saturated heterocycles. The minimum Gasteiger partial charge on any atom is -0.347 e. The summed E-state index contributed by atoms with van der Waals surface area (Å²) in [4.78, 5) is 23.3. The highest BCUT2D eigenvalue weighted by molar-refractivity contribution is 7.91. The number of sulfone groups is 1. The number of benzene rings is 1. The Morgan fingerprint density at radius 2 is 2.00 bits per heavy atom. The van der Waals surface area contributed by atoms with Gasteiger partial charge in [0, 0.05) is 24.8 Å². The number of carbonyl (C=O) groups is 2. The molecular weight excluding hydrogens is 361 g/mol. The number of carbonyl (C=O) groups excluding carboxylic acids is 2. The summed E-state index contributed by atoms with van der Waals surface area (Å²) in [5, 5.41) is 7.56. The number of hydrogen-bond donors (Lipinski definition) is 3. The quantitative estimate of drug-likeness (QED) is 0.506. The third-order valence-electron chi connectivity index (χ3n) is 3.46. The fraction of sp³-hybridized carbons (Fsp3) is 0.429. The molecule has 3 N–H and O–H groups in total. The molecule has 132 valence electrons. The molecule has 1 atom stereocenters. The third-order valence-corrected chi connectivity index (χ3v) is 5.53. The van der Waals surface area contributed by atoms with Crippen LogP contribution < -0.4 is 16.0 Å². The molecule has 7 nitrogen and oxygen atoms in total. The van der Waals surface area contributed by atoms with E-state index in [0.717, 1.165) is 6.07 Å². The van der Waals surface area contributed by atoms with Crippen molar-refractivity contribution in [1.82, 2.24) is 10.6 Å². The Kier molecular flexibility index (Phi) is 6.14. The van der Waals surface area contributed by atoms with Gasteiger partial charge in [-0.05, 0) is 24.6 Å². The summed E-state index contributed by atoms with van der Waals surface area (Å²) in [6.07, 6.45) is 0.541. The lowest BCUT2D eigenvalue weighted by Crippen LogP contribution is -2.41. The van der Waals surface area contributed by atoms with Crippen LogP contribution in [-0.4, -0.2) is 50.9 Å². The second kappa shape index (κ2) is 7.91. The number of anilines is 1. The summed E-state index contributed by atoms with van der Waals surface area (Å²) in [6, 6.07) is 3.52. The maximum atomic E-state index is 13.2. The van der Waals surface area contributed by atoms with E-state index in [2.05, 4.69) is 16.0 Å². The molecule has 1 heterocycles. The molecule has 0 radical (unpaired) electrons. The SMILES string of the molecule is O=C(NCCNC1CCS(=O)(=O)C1)C(=O)Nc1ccc(Cl)c(F)c1. The van der Waals surface area contributed by atoms with Gasteiger partial charge >= 0.3 is 11.8 Å². The Morgan fingerprint density at radius 3 is 2.62 bits per heavy atom. The van der Waals surface area contributed by atoms with Crippen molar-refractivity contribution in [3.8, 4) is 0 Å². The summed E-state index contributed by atoms with van der Waals surface area (Å²) in [7, 11) is -2.96. The molecule has 1 aromatic rings. The average molecular weight is 378 g/mol. The van der Waals surface area contributed by atoms with Crippen molar-refractivity contribution in [2.75, 3.05) is 29.9 Å². The van der Waals surface area contributed by atoms with E-state index in [4.69, 9.17) is 11.6 Å². The molecule has 0 aliphatic carbocycles. The first kappa shape index (κ1) is 18.6. The second-order valence-electron chi connectivity index (χ2n) is 5.39. The largest absolute Gasteiger partial charge is 0.347 e. The fourth-order valence-corrected chi connectivity index (χ4v) is 4.08. The first-order valence-electron chi connectivity index (χ1n) is 7.25. The van der Waals surface area contributed by atoms with E-state index < -0.39 is 27.5 Å². The van der Waals surface area contributed by atoms with Gasteiger partial charge in [-0.2, -0.15) is 0 Å². The van der Waals surface area contributed by atoms with Gasteiger partial charge in [-0.15, -0.1) is 0 Å². The first-order valence-corrected chi connectivity index (χ1v) is 9.45. The van der Waals surface area contributed by atoms with Gasteiger partial charge in [-0.3, -0.25) is 9.59 Å². The van der Waals surface area contributed by atoms with Gasteiger partial charge in [0.25, 0.3) is 0 Å². The van der Waals surface area contributed by atoms with Gasteiger partial charge in [0.05, 0.1) is 16.5 Å². The molecule has 2 rings (SSSR count). The van der Waals surface area contributed by atoms with Gasteiger partial charge in [0.15, 0.2) is 9.84 Å². The Labute approximate surface area is 143 Å². The molecule has 0 aromatic heterocycles. The molecule has 24 heavy (non-hydrogen) atoms. The van der Waals surface area contributed by atoms with Crippen molar-refractivity contribution in [3.05, 3.63) is 29.0 Å². The van der Waals surface area contributed by atoms with Crippen molar-refractivity contribution in [1.29, 1.82) is 0 Å². The fourth-order valence-electron chi connectivity index (χ4n) is 2.25. The zero-order valence-corrected chi connectivity index (χ0v) is 14.2. The van der Waals surface area contributed by atoms with E-state index in [1.54, 1.807) is 0 Å². The summed E-state index contributed by atoms with van der Waals surface area (Å²) in [5.41, 5.74) is 0.117. The smallest absolute Gasteiger partial charge is 0.313 e.